The molecule has 0 aliphatic heterocycles. The molecule has 0 spiro atoms. The average Bonchev–Trinajstić information content (AvgIpc) is 2.73. The van der Waals surface area contributed by atoms with E-state index in [9.17, 15) is 19.2 Å². The number of halogens is 2. The Bertz CT molecular complexity index is 875. The topological polar surface area (TPSA) is 65.4 Å². The van der Waals surface area contributed by atoms with E-state index in [1.165, 1.54) is 38.5 Å². The molecule has 6 nitrogen and oxygen atoms in total. The van der Waals surface area contributed by atoms with E-state index < -0.39 is 11.6 Å². The van der Waals surface area contributed by atoms with Crippen molar-refractivity contribution in [1.82, 2.24) is 0 Å². The zero-order valence-corrected chi connectivity index (χ0v) is 15.1. The van der Waals surface area contributed by atoms with Gasteiger partial charge in [0.05, 0.1) is 25.6 Å². The summed E-state index contributed by atoms with van der Waals surface area (Å²) < 4.78 is 38.7. The lowest BCUT2D eigenvalue weighted by Crippen LogP contribution is -2.16. The lowest BCUT2D eigenvalue weighted by atomic mass is 10.2. The molecule has 0 aliphatic rings. The summed E-state index contributed by atoms with van der Waals surface area (Å²) in [7, 11) is 2.99. The molecule has 0 heterocycles. The third kappa shape index (κ3) is 3.83. The molecule has 0 bridgehead atoms. The Kier molecular flexibility index (Phi) is 5.62. The molecule has 28 heavy (non-hydrogen) atoms. The van der Waals surface area contributed by atoms with Gasteiger partial charge < -0.3 is 9.47 Å². The van der Waals surface area contributed by atoms with E-state index in [-0.39, 0.29) is 22.7 Å². The van der Waals surface area contributed by atoms with Gasteiger partial charge in [-0.1, -0.05) is 0 Å². The summed E-state index contributed by atoms with van der Waals surface area (Å²) in [4.78, 5) is 0. The van der Waals surface area contributed by atoms with E-state index >= 15 is 0 Å². The molecule has 3 aromatic rings. The highest BCUT2D eigenvalue weighted by molar-refractivity contribution is 5.70. The van der Waals surface area contributed by atoms with Crippen LogP contribution < -0.4 is 19.6 Å². The van der Waals surface area contributed by atoms with Gasteiger partial charge in [0.1, 0.15) is 22.9 Å². The summed E-state index contributed by atoms with van der Waals surface area (Å²) in [6.07, 6.45) is 0. The number of benzene rings is 3. The lowest BCUT2D eigenvalue weighted by Gasteiger charge is -2.22. The molecule has 0 atom stereocenters. The fourth-order valence-electron chi connectivity index (χ4n) is 2.58. The van der Waals surface area contributed by atoms with Crippen LogP contribution in [0.3, 0.4) is 0 Å². The molecule has 3 aromatic carbocycles. The minimum absolute atomic E-state index is 0.228. The molecule has 0 saturated carbocycles. The minimum atomic E-state index is -0.998. The molecule has 0 saturated heterocycles. The quantitative estimate of drug-likeness (QED) is 0.577. The summed E-state index contributed by atoms with van der Waals surface area (Å²) in [5.74, 6) is -0.887. The Labute approximate surface area is 160 Å². The maximum atomic E-state index is 14.3. The van der Waals surface area contributed by atoms with Crippen molar-refractivity contribution in [2.75, 3.05) is 24.3 Å². The van der Waals surface area contributed by atoms with E-state index in [0.717, 1.165) is 6.07 Å². The number of anilines is 4. The maximum Gasteiger partial charge on any atom is 0.152 e. The standard InChI is InChI=1S/C20H18F2N2O4/c1-27-15-7-3-13(4-8-15)23(25)19-12-20(18(22)11-17(19)21)24(26)14-5-9-16(28-2)10-6-14/h3-12,25-26H,1-2H3. The number of methoxy groups -OCH3 is 2. The van der Waals surface area contributed by atoms with Crippen LogP contribution in [0.25, 0.3) is 0 Å². The molecule has 0 radical (unpaired) electrons. The molecule has 8 heteroatoms. The van der Waals surface area contributed by atoms with Crippen molar-refractivity contribution in [1.29, 1.82) is 0 Å². The second-order valence-electron chi connectivity index (χ2n) is 5.77. The van der Waals surface area contributed by atoms with Crippen molar-refractivity contribution in [3.63, 3.8) is 0 Å². The second kappa shape index (κ2) is 8.12. The zero-order valence-electron chi connectivity index (χ0n) is 15.1. The molecular weight excluding hydrogens is 370 g/mol. The van der Waals surface area contributed by atoms with Gasteiger partial charge in [-0.05, 0) is 54.6 Å². The van der Waals surface area contributed by atoms with Crippen LogP contribution in [0, 0.1) is 11.6 Å². The number of hydrogen-bond donors (Lipinski definition) is 2. The molecule has 146 valence electrons. The van der Waals surface area contributed by atoms with Crippen LogP contribution in [-0.4, -0.2) is 24.6 Å². The molecule has 0 aromatic heterocycles. The highest BCUT2D eigenvalue weighted by Crippen LogP contribution is 2.35. The van der Waals surface area contributed by atoms with Crippen molar-refractivity contribution >= 4 is 22.7 Å². The van der Waals surface area contributed by atoms with Crippen LogP contribution in [-0.2, 0) is 0 Å². The Balaban J connectivity index is 1.96. The van der Waals surface area contributed by atoms with E-state index in [4.69, 9.17) is 9.47 Å². The number of rotatable bonds is 6. The van der Waals surface area contributed by atoms with Crippen molar-refractivity contribution in [3.05, 3.63) is 72.3 Å². The van der Waals surface area contributed by atoms with Crippen LogP contribution in [0.1, 0.15) is 0 Å². The van der Waals surface area contributed by atoms with Crippen LogP contribution in [0.15, 0.2) is 60.7 Å². The smallest absolute Gasteiger partial charge is 0.152 e. The minimum Gasteiger partial charge on any atom is -0.497 e. The molecule has 2 N–H and O–H groups in total. The fraction of sp³-hybridized carbons (Fsp3) is 0.100. The molecule has 0 aliphatic carbocycles. The van der Waals surface area contributed by atoms with Crippen LogP contribution in [0.2, 0.25) is 0 Å². The number of hydrogen-bond acceptors (Lipinski definition) is 6. The van der Waals surface area contributed by atoms with Gasteiger partial charge in [-0.25, -0.2) is 18.9 Å². The van der Waals surface area contributed by atoms with Gasteiger partial charge in [-0.15, -0.1) is 0 Å². The Morgan fingerprint density at radius 1 is 0.643 bits per heavy atom. The molecule has 3 rings (SSSR count). The van der Waals surface area contributed by atoms with Gasteiger partial charge in [-0.2, -0.15) is 0 Å². The van der Waals surface area contributed by atoms with Crippen molar-refractivity contribution in [2.45, 2.75) is 0 Å². The van der Waals surface area contributed by atoms with Crippen LogP contribution in [0.5, 0.6) is 11.5 Å². The average molecular weight is 388 g/mol. The van der Waals surface area contributed by atoms with Crippen molar-refractivity contribution in [2.24, 2.45) is 0 Å². The Hall–Kier alpha value is -3.36. The largest absolute Gasteiger partial charge is 0.497 e. The normalized spacial score (nSPS) is 10.5. The highest BCUT2D eigenvalue weighted by atomic mass is 19.1. The predicted molar refractivity (Wildman–Crippen MR) is 100 cm³/mol. The van der Waals surface area contributed by atoms with Gasteiger partial charge in [0.15, 0.2) is 11.6 Å². The fourth-order valence-corrected chi connectivity index (χ4v) is 2.58. The number of nitrogens with zero attached hydrogens (tertiary/aromatic N) is 2. The summed E-state index contributed by atoms with van der Waals surface area (Å²) in [5, 5.41) is 21.9. The van der Waals surface area contributed by atoms with Gasteiger partial charge in [0, 0.05) is 6.07 Å². The number of ether oxygens (including phenoxy) is 2. The summed E-state index contributed by atoms with van der Waals surface area (Å²) >= 11 is 0. The van der Waals surface area contributed by atoms with Crippen molar-refractivity contribution in [3.8, 4) is 11.5 Å². The molecule has 0 unspecified atom stereocenters. The van der Waals surface area contributed by atoms with Gasteiger partial charge in [0.25, 0.3) is 0 Å². The van der Waals surface area contributed by atoms with E-state index in [1.807, 2.05) is 0 Å². The zero-order chi connectivity index (χ0) is 20.3. The Morgan fingerprint density at radius 3 is 1.32 bits per heavy atom. The van der Waals surface area contributed by atoms with Gasteiger partial charge >= 0.3 is 0 Å². The third-order valence-corrected chi connectivity index (χ3v) is 4.11. The van der Waals surface area contributed by atoms with E-state index in [0.29, 0.717) is 27.7 Å². The summed E-state index contributed by atoms with van der Waals surface area (Å²) in [6.45, 7) is 0. The first-order valence-electron chi connectivity index (χ1n) is 8.19. The van der Waals surface area contributed by atoms with Gasteiger partial charge in [-0.3, -0.25) is 10.4 Å². The van der Waals surface area contributed by atoms with E-state index in [2.05, 4.69) is 0 Å². The highest BCUT2D eigenvalue weighted by Gasteiger charge is 2.20. The maximum absolute atomic E-state index is 14.3. The van der Waals surface area contributed by atoms with Gasteiger partial charge in [0.2, 0.25) is 0 Å². The van der Waals surface area contributed by atoms with Crippen LogP contribution in [0.4, 0.5) is 31.5 Å². The molecular formula is C20H18F2N2O4. The first-order chi connectivity index (χ1) is 13.4. The molecule has 0 amide bonds. The first kappa shape index (κ1) is 19.4. The monoisotopic (exact) mass is 388 g/mol. The SMILES string of the molecule is COc1ccc(N(O)c2cc(N(O)c3ccc(OC)cc3)c(F)cc2F)cc1. The lowest BCUT2D eigenvalue weighted by molar-refractivity contribution is 0.291. The first-order valence-corrected chi connectivity index (χ1v) is 8.19. The van der Waals surface area contributed by atoms with Crippen molar-refractivity contribution < 1.29 is 28.7 Å². The second-order valence-corrected chi connectivity index (χ2v) is 5.77. The predicted octanol–water partition coefficient (Wildman–Crippen LogP) is 5.04. The Morgan fingerprint density at radius 2 is 1.00 bits per heavy atom. The van der Waals surface area contributed by atoms with Crippen LogP contribution >= 0.6 is 0 Å². The third-order valence-electron chi connectivity index (χ3n) is 4.11. The summed E-state index contributed by atoms with van der Waals surface area (Å²) in [5.41, 5.74) is -0.222. The van der Waals surface area contributed by atoms with E-state index in [1.54, 1.807) is 24.3 Å². The molecule has 0 fully saturated rings. The summed E-state index contributed by atoms with van der Waals surface area (Å²) in [6, 6.07) is 13.9.